The maximum absolute atomic E-state index is 12.5. The van der Waals surface area contributed by atoms with E-state index in [0.29, 0.717) is 22.3 Å². The van der Waals surface area contributed by atoms with Gasteiger partial charge in [-0.2, -0.15) is 15.3 Å². The number of benzene rings is 9. The zero-order valence-corrected chi connectivity index (χ0v) is 44.4. The third-order valence-corrected chi connectivity index (χ3v) is 13.5. The van der Waals surface area contributed by atoms with E-state index in [4.69, 9.17) is 8.83 Å². The van der Waals surface area contributed by atoms with E-state index in [0.717, 1.165) is 54.8 Å². The van der Waals surface area contributed by atoms with E-state index in [1.54, 1.807) is 61.5 Å². The fraction of sp³-hybridized carbons (Fsp3) is 0.0606. The van der Waals surface area contributed by atoms with Crippen molar-refractivity contribution < 1.29 is 33.4 Å². The molecule has 3 amide bonds. The summed E-state index contributed by atoms with van der Waals surface area (Å²) in [6, 6.07) is 59.1. The van der Waals surface area contributed by atoms with Gasteiger partial charge in [0.25, 0.3) is 11.8 Å². The van der Waals surface area contributed by atoms with Crippen molar-refractivity contribution in [3.8, 4) is 11.5 Å². The Balaban J connectivity index is 0.000000138. The summed E-state index contributed by atoms with van der Waals surface area (Å²) in [5.74, 6) is -1.59. The summed E-state index contributed by atoms with van der Waals surface area (Å²) in [6.45, 7) is 5.60. The van der Waals surface area contributed by atoms with Gasteiger partial charge in [-0.3, -0.25) is 19.2 Å². The van der Waals surface area contributed by atoms with Crippen LogP contribution in [0.3, 0.4) is 0 Å². The lowest BCUT2D eigenvalue weighted by Crippen LogP contribution is -2.21. The third kappa shape index (κ3) is 12.2. The van der Waals surface area contributed by atoms with E-state index in [2.05, 4.69) is 67.8 Å². The SMILES string of the molecule is C/C(=N\NC(=O)Cc1cc2ccccc2[nH]1)c1ccc2ccccc2c1C.C/C(=N\NC(=O)c1cc2ccccc2cc1O)c1cc2ccccc2oc1=O.O=C(N/N=C/c1coc2ccccc2c1=O)c1cc2ccccc2cc1O. The molecule has 0 saturated carbocycles. The summed E-state index contributed by atoms with van der Waals surface area (Å²) < 4.78 is 10.7. The molecule has 0 saturated heterocycles. The first kappa shape index (κ1) is 54.1. The van der Waals surface area contributed by atoms with E-state index in [1.165, 1.54) is 40.9 Å². The summed E-state index contributed by atoms with van der Waals surface area (Å²) >= 11 is 0. The summed E-state index contributed by atoms with van der Waals surface area (Å²) in [5.41, 5.74) is 13.4. The number of hydrogen-bond acceptors (Lipinski definition) is 12. The number of aromatic nitrogens is 1. The van der Waals surface area contributed by atoms with E-state index in [9.17, 15) is 34.2 Å². The molecule has 0 aliphatic carbocycles. The Morgan fingerprint density at radius 3 is 1.70 bits per heavy atom. The Hall–Kier alpha value is -11.3. The van der Waals surface area contributed by atoms with E-state index >= 15 is 0 Å². The predicted octanol–water partition coefficient (Wildman–Crippen LogP) is 11.9. The van der Waals surface area contributed by atoms with Crippen LogP contribution in [0, 0.1) is 6.92 Å². The van der Waals surface area contributed by atoms with Crippen molar-refractivity contribution in [2.75, 3.05) is 0 Å². The minimum absolute atomic E-state index is 0.0939. The first-order valence-electron chi connectivity index (χ1n) is 25.8. The number of hydrazone groups is 3. The number of amides is 3. The number of fused-ring (bicyclic) bond motifs is 6. The van der Waals surface area contributed by atoms with Gasteiger partial charge in [0.1, 0.15) is 28.9 Å². The number of phenols is 2. The monoisotopic (exact) mass is 1090 g/mol. The molecule has 0 fully saturated rings. The summed E-state index contributed by atoms with van der Waals surface area (Å²) in [5, 5.41) is 40.3. The van der Waals surface area contributed by atoms with Crippen LogP contribution in [0.15, 0.2) is 234 Å². The van der Waals surface area contributed by atoms with Crippen LogP contribution in [-0.4, -0.2) is 50.6 Å². The quantitative estimate of drug-likeness (QED) is 0.0433. The molecule has 12 aromatic rings. The number of nitrogens with zero attached hydrogens (tertiary/aromatic N) is 3. The lowest BCUT2D eigenvalue weighted by Gasteiger charge is -2.09. The molecule has 6 N–H and O–H groups in total. The third-order valence-electron chi connectivity index (χ3n) is 13.5. The molecule has 12 rings (SSSR count). The van der Waals surface area contributed by atoms with Crippen LogP contribution < -0.4 is 27.3 Å². The van der Waals surface area contributed by atoms with Gasteiger partial charge in [0.05, 0.1) is 51.7 Å². The van der Waals surface area contributed by atoms with Crippen LogP contribution in [0.25, 0.3) is 65.2 Å². The summed E-state index contributed by atoms with van der Waals surface area (Å²) in [7, 11) is 0. The highest BCUT2D eigenvalue weighted by molar-refractivity contribution is 6.06. The zero-order chi connectivity index (χ0) is 57.3. The lowest BCUT2D eigenvalue weighted by atomic mass is 9.98. The van der Waals surface area contributed by atoms with Crippen LogP contribution in [0.5, 0.6) is 11.5 Å². The maximum Gasteiger partial charge on any atom is 0.345 e. The molecule has 0 bridgehead atoms. The molecule has 0 spiro atoms. The van der Waals surface area contributed by atoms with Gasteiger partial charge in [0.2, 0.25) is 11.3 Å². The van der Waals surface area contributed by atoms with Crippen LogP contribution >= 0.6 is 0 Å². The van der Waals surface area contributed by atoms with Crippen molar-refractivity contribution in [1.29, 1.82) is 0 Å². The average Bonchev–Trinajstić information content (AvgIpc) is 4.11. The van der Waals surface area contributed by atoms with Gasteiger partial charge in [-0.25, -0.2) is 21.1 Å². The fourth-order valence-electron chi connectivity index (χ4n) is 9.26. The average molecular weight is 1090 g/mol. The van der Waals surface area contributed by atoms with Crippen LogP contribution in [0.2, 0.25) is 0 Å². The molecule has 9 aromatic carbocycles. The first-order valence-corrected chi connectivity index (χ1v) is 25.8. The highest BCUT2D eigenvalue weighted by atomic mass is 16.4. The largest absolute Gasteiger partial charge is 0.507 e. The molecule has 3 heterocycles. The molecule has 0 atom stereocenters. The number of aromatic hydroxyl groups is 2. The minimum atomic E-state index is -0.584. The van der Waals surface area contributed by atoms with Crippen molar-refractivity contribution in [2.24, 2.45) is 15.3 Å². The number of phenolic OH excluding ortho intramolecular Hbond substituents is 2. The normalized spacial score (nSPS) is 11.6. The molecule has 3 aromatic heterocycles. The number of hydrogen-bond donors (Lipinski definition) is 6. The van der Waals surface area contributed by atoms with Crippen molar-refractivity contribution in [2.45, 2.75) is 27.2 Å². The molecule has 0 aliphatic heterocycles. The Labute approximate surface area is 467 Å². The van der Waals surface area contributed by atoms with Gasteiger partial charge in [-0.15, -0.1) is 0 Å². The van der Waals surface area contributed by atoms with Gasteiger partial charge >= 0.3 is 5.63 Å². The van der Waals surface area contributed by atoms with Crippen molar-refractivity contribution in [3.05, 3.63) is 260 Å². The Morgan fingerprint density at radius 1 is 0.524 bits per heavy atom. The molecule has 0 radical (unpaired) electrons. The molecule has 16 heteroatoms. The summed E-state index contributed by atoms with van der Waals surface area (Å²) in [6.07, 6.45) is 2.77. The molecule has 16 nitrogen and oxygen atoms in total. The Morgan fingerprint density at radius 2 is 1.04 bits per heavy atom. The van der Waals surface area contributed by atoms with Crippen molar-refractivity contribution in [1.82, 2.24) is 21.3 Å². The molecular weight excluding hydrogens is 1030 g/mol. The fourth-order valence-corrected chi connectivity index (χ4v) is 9.26. The topological polar surface area (TPSA) is 241 Å². The Kier molecular flexibility index (Phi) is 16.0. The van der Waals surface area contributed by atoms with Gasteiger partial charge < -0.3 is 24.0 Å². The number of carbonyl (C=O) groups is 3. The molecular formula is C66H51N7O9. The van der Waals surface area contributed by atoms with Crippen LogP contribution in [0.4, 0.5) is 0 Å². The smallest absolute Gasteiger partial charge is 0.345 e. The Bertz CT molecular complexity index is 4640. The number of aromatic amines is 1. The lowest BCUT2D eigenvalue weighted by molar-refractivity contribution is -0.120. The van der Waals surface area contributed by atoms with Gasteiger partial charge in [-0.1, -0.05) is 133 Å². The zero-order valence-electron chi connectivity index (χ0n) is 44.4. The number of para-hydroxylation sites is 3. The highest BCUT2D eigenvalue weighted by Gasteiger charge is 2.16. The van der Waals surface area contributed by atoms with Gasteiger partial charge in [-0.05, 0) is 125 Å². The molecule has 0 unspecified atom stereocenters. The van der Waals surface area contributed by atoms with E-state index < -0.39 is 17.4 Å². The summed E-state index contributed by atoms with van der Waals surface area (Å²) in [4.78, 5) is 64.9. The molecule has 82 heavy (non-hydrogen) atoms. The van der Waals surface area contributed by atoms with Crippen molar-refractivity contribution in [3.63, 3.8) is 0 Å². The second kappa shape index (κ2) is 24.2. The van der Waals surface area contributed by atoms with Crippen molar-refractivity contribution >= 4 is 101 Å². The number of aryl methyl sites for hydroxylation is 1. The number of rotatable bonds is 10. The molecule has 404 valence electrons. The standard InChI is InChI=1S/C23H21N3O.C22H16N2O4.C21H14N2O4/c1-15-20(12-11-17-7-3-5-9-21(15)17)16(2)25-26-23(27)14-19-13-18-8-4-6-10-22(18)24-19;1-13(17-11-16-8-4-5-9-20(16)28-22(17)27)23-24-21(26)18-10-14-6-2-3-7-15(14)12-19(18)25;24-18-10-14-6-2-1-5-13(14)9-17(18)21(26)23-22-11-15-12-27-19-8-4-3-7-16(19)20(15)25/h3-13,24H,14H2,1-2H3,(H,26,27);2-12,25H,1H3,(H,24,26);1-12,24H,(H,23,26)/b25-16+;23-13+;22-11+. The second-order valence-corrected chi connectivity index (χ2v) is 19.0. The minimum Gasteiger partial charge on any atom is -0.507 e. The number of carbonyl (C=O) groups excluding carboxylic acids is 3. The highest BCUT2D eigenvalue weighted by Crippen LogP contribution is 2.27. The first-order chi connectivity index (χ1) is 39.8. The van der Waals surface area contributed by atoms with E-state index in [-0.39, 0.29) is 51.5 Å². The maximum atomic E-state index is 12.5. The van der Waals surface area contributed by atoms with Gasteiger partial charge in [0.15, 0.2) is 0 Å². The number of nitrogens with one attached hydrogen (secondary N) is 4. The number of H-pyrrole nitrogens is 1. The predicted molar refractivity (Wildman–Crippen MR) is 322 cm³/mol. The molecule has 0 aliphatic rings. The second-order valence-electron chi connectivity index (χ2n) is 19.0. The van der Waals surface area contributed by atoms with Crippen LogP contribution in [-0.2, 0) is 11.2 Å². The van der Waals surface area contributed by atoms with E-state index in [1.807, 2.05) is 110 Å². The van der Waals surface area contributed by atoms with Crippen LogP contribution in [0.1, 0.15) is 62.5 Å². The van der Waals surface area contributed by atoms with Gasteiger partial charge in [0, 0.05) is 22.2 Å².